The number of para-hydroxylation sites is 1. The van der Waals surface area contributed by atoms with Gasteiger partial charge in [0.1, 0.15) is 5.65 Å². The van der Waals surface area contributed by atoms with Crippen LogP contribution in [0, 0.1) is 6.92 Å². The molecule has 0 fully saturated rings. The molecule has 3 heterocycles. The van der Waals surface area contributed by atoms with Crippen LogP contribution in [0.1, 0.15) is 16.8 Å². The lowest BCUT2D eigenvalue weighted by atomic mass is 10.1. The second kappa shape index (κ2) is 6.36. The molecule has 3 aromatic heterocycles. The van der Waals surface area contributed by atoms with E-state index in [0.29, 0.717) is 6.54 Å². The predicted molar refractivity (Wildman–Crippen MR) is 97.2 cm³/mol. The standard InChI is InChI=1S/C20H18N4O/c1-14-5-4-10-24-13-17(23-20(14)24)11-18(25)22-12-16-7-2-6-15-8-3-9-21-19(15)16/h2-10,13H,11-12H2,1H3,(H,22,25). The highest BCUT2D eigenvalue weighted by molar-refractivity contribution is 5.83. The minimum absolute atomic E-state index is 0.0472. The summed E-state index contributed by atoms with van der Waals surface area (Å²) < 4.78 is 1.95. The van der Waals surface area contributed by atoms with Gasteiger partial charge in [0, 0.05) is 30.5 Å². The molecule has 1 aromatic carbocycles. The molecule has 0 unspecified atom stereocenters. The summed E-state index contributed by atoms with van der Waals surface area (Å²) in [6, 6.07) is 13.9. The van der Waals surface area contributed by atoms with Gasteiger partial charge in [-0.15, -0.1) is 0 Å². The first-order valence-corrected chi connectivity index (χ1v) is 8.23. The summed E-state index contributed by atoms with van der Waals surface area (Å²) in [5.74, 6) is -0.0472. The van der Waals surface area contributed by atoms with Gasteiger partial charge in [0.25, 0.3) is 0 Å². The Hall–Kier alpha value is -3.21. The maximum Gasteiger partial charge on any atom is 0.226 e. The number of aromatic nitrogens is 3. The number of imidazole rings is 1. The molecule has 0 bridgehead atoms. The van der Waals surface area contributed by atoms with Crippen LogP contribution in [0.3, 0.4) is 0 Å². The zero-order valence-electron chi connectivity index (χ0n) is 13.9. The van der Waals surface area contributed by atoms with Crippen molar-refractivity contribution >= 4 is 22.5 Å². The van der Waals surface area contributed by atoms with Gasteiger partial charge in [-0.3, -0.25) is 9.78 Å². The van der Waals surface area contributed by atoms with E-state index in [4.69, 9.17) is 0 Å². The Morgan fingerprint density at radius 2 is 2.04 bits per heavy atom. The highest BCUT2D eigenvalue weighted by atomic mass is 16.1. The van der Waals surface area contributed by atoms with E-state index in [2.05, 4.69) is 15.3 Å². The molecule has 5 heteroatoms. The summed E-state index contributed by atoms with van der Waals surface area (Å²) >= 11 is 0. The van der Waals surface area contributed by atoms with Gasteiger partial charge < -0.3 is 9.72 Å². The van der Waals surface area contributed by atoms with Crippen LogP contribution < -0.4 is 5.32 Å². The second-order valence-corrected chi connectivity index (χ2v) is 6.10. The average molecular weight is 330 g/mol. The van der Waals surface area contributed by atoms with Gasteiger partial charge in [0.15, 0.2) is 0 Å². The number of fused-ring (bicyclic) bond motifs is 2. The second-order valence-electron chi connectivity index (χ2n) is 6.10. The molecule has 4 rings (SSSR count). The molecule has 124 valence electrons. The van der Waals surface area contributed by atoms with Gasteiger partial charge >= 0.3 is 0 Å². The molecule has 25 heavy (non-hydrogen) atoms. The predicted octanol–water partition coefficient (Wildman–Crippen LogP) is 3.05. The normalized spacial score (nSPS) is 11.1. The van der Waals surface area contributed by atoms with Gasteiger partial charge in [-0.2, -0.15) is 0 Å². The third-order valence-corrected chi connectivity index (χ3v) is 4.26. The highest BCUT2D eigenvalue weighted by Gasteiger charge is 2.09. The molecule has 0 saturated heterocycles. The molecule has 1 N–H and O–H groups in total. The van der Waals surface area contributed by atoms with E-state index in [9.17, 15) is 4.79 Å². The lowest BCUT2D eigenvalue weighted by Gasteiger charge is -2.07. The number of pyridine rings is 2. The van der Waals surface area contributed by atoms with Crippen LogP contribution in [-0.4, -0.2) is 20.3 Å². The lowest BCUT2D eigenvalue weighted by Crippen LogP contribution is -2.24. The number of hydrogen-bond acceptors (Lipinski definition) is 3. The molecule has 4 aromatic rings. The summed E-state index contributed by atoms with van der Waals surface area (Å²) in [7, 11) is 0. The van der Waals surface area contributed by atoms with Crippen LogP contribution in [0.5, 0.6) is 0 Å². The van der Waals surface area contributed by atoms with Crippen molar-refractivity contribution in [1.82, 2.24) is 19.7 Å². The van der Waals surface area contributed by atoms with Crippen LogP contribution in [0.2, 0.25) is 0 Å². The Balaban J connectivity index is 1.47. The van der Waals surface area contributed by atoms with Gasteiger partial charge in [-0.05, 0) is 30.2 Å². The fraction of sp³-hybridized carbons (Fsp3) is 0.150. The van der Waals surface area contributed by atoms with Gasteiger partial charge in [0.05, 0.1) is 17.6 Å². The molecule has 5 nitrogen and oxygen atoms in total. The summed E-state index contributed by atoms with van der Waals surface area (Å²) in [6.45, 7) is 2.47. The first kappa shape index (κ1) is 15.3. The fourth-order valence-electron chi connectivity index (χ4n) is 3.02. The Kier molecular flexibility index (Phi) is 3.90. The molecule has 0 aliphatic rings. The summed E-state index contributed by atoms with van der Waals surface area (Å²) in [5.41, 5.74) is 4.69. The summed E-state index contributed by atoms with van der Waals surface area (Å²) in [4.78, 5) is 21.3. The van der Waals surface area contributed by atoms with Crippen molar-refractivity contribution < 1.29 is 4.79 Å². The SMILES string of the molecule is Cc1cccn2cc(CC(=O)NCc3cccc4cccnc34)nc12. The minimum Gasteiger partial charge on any atom is -0.352 e. The number of rotatable bonds is 4. The lowest BCUT2D eigenvalue weighted by molar-refractivity contribution is -0.120. The molecule has 0 radical (unpaired) electrons. The number of aryl methyl sites for hydroxylation is 1. The highest BCUT2D eigenvalue weighted by Crippen LogP contribution is 2.16. The molecule has 0 aliphatic carbocycles. The van der Waals surface area contributed by atoms with E-state index in [1.165, 1.54) is 0 Å². The monoisotopic (exact) mass is 330 g/mol. The van der Waals surface area contributed by atoms with Gasteiger partial charge in [-0.25, -0.2) is 4.98 Å². The Bertz CT molecular complexity index is 1060. The van der Waals surface area contributed by atoms with Gasteiger partial charge in [-0.1, -0.05) is 30.3 Å². The molecular weight excluding hydrogens is 312 g/mol. The van der Waals surface area contributed by atoms with Gasteiger partial charge in [0.2, 0.25) is 5.91 Å². The number of nitrogens with zero attached hydrogens (tertiary/aromatic N) is 3. The van der Waals surface area contributed by atoms with E-state index in [-0.39, 0.29) is 12.3 Å². The zero-order chi connectivity index (χ0) is 17.2. The number of nitrogens with one attached hydrogen (secondary N) is 1. The van der Waals surface area contributed by atoms with E-state index in [0.717, 1.165) is 33.4 Å². The largest absolute Gasteiger partial charge is 0.352 e. The maximum atomic E-state index is 12.3. The first-order valence-electron chi connectivity index (χ1n) is 8.23. The molecule has 1 amide bonds. The molecular formula is C20H18N4O. The van der Waals surface area contributed by atoms with E-state index < -0.39 is 0 Å². The number of benzene rings is 1. The van der Waals surface area contributed by atoms with Crippen LogP contribution in [0.25, 0.3) is 16.6 Å². The number of amides is 1. The quantitative estimate of drug-likeness (QED) is 0.626. The van der Waals surface area contributed by atoms with Crippen LogP contribution in [0.4, 0.5) is 0 Å². The number of carbonyl (C=O) groups is 1. The average Bonchev–Trinajstić information content (AvgIpc) is 3.04. The Labute approximate surface area is 145 Å². The topological polar surface area (TPSA) is 59.3 Å². The minimum atomic E-state index is -0.0472. The van der Waals surface area contributed by atoms with E-state index >= 15 is 0 Å². The van der Waals surface area contributed by atoms with Crippen molar-refractivity contribution in [2.24, 2.45) is 0 Å². The van der Waals surface area contributed by atoms with Crippen molar-refractivity contribution in [1.29, 1.82) is 0 Å². The maximum absolute atomic E-state index is 12.3. The number of hydrogen-bond donors (Lipinski definition) is 1. The Morgan fingerprint density at radius 3 is 2.92 bits per heavy atom. The molecule has 0 atom stereocenters. The van der Waals surface area contributed by atoms with Crippen LogP contribution in [0.15, 0.2) is 61.1 Å². The van der Waals surface area contributed by atoms with E-state index in [1.54, 1.807) is 6.20 Å². The third kappa shape index (κ3) is 3.08. The third-order valence-electron chi connectivity index (χ3n) is 4.26. The molecule has 0 aliphatic heterocycles. The smallest absolute Gasteiger partial charge is 0.226 e. The van der Waals surface area contributed by atoms with Crippen molar-refractivity contribution in [2.75, 3.05) is 0 Å². The summed E-state index contributed by atoms with van der Waals surface area (Å²) in [5, 5.41) is 4.04. The zero-order valence-corrected chi connectivity index (χ0v) is 13.9. The summed E-state index contributed by atoms with van der Waals surface area (Å²) in [6.07, 6.45) is 5.88. The fourth-order valence-corrected chi connectivity index (χ4v) is 3.02. The van der Waals surface area contributed by atoms with Crippen molar-refractivity contribution in [3.8, 4) is 0 Å². The molecule has 0 saturated carbocycles. The number of carbonyl (C=O) groups excluding carboxylic acids is 1. The van der Waals surface area contributed by atoms with Crippen LogP contribution >= 0.6 is 0 Å². The Morgan fingerprint density at radius 1 is 1.16 bits per heavy atom. The molecule has 0 spiro atoms. The van der Waals surface area contributed by atoms with Crippen molar-refractivity contribution in [3.63, 3.8) is 0 Å². The van der Waals surface area contributed by atoms with Crippen molar-refractivity contribution in [2.45, 2.75) is 19.9 Å². The first-order chi connectivity index (χ1) is 12.2. The van der Waals surface area contributed by atoms with Crippen molar-refractivity contribution in [3.05, 3.63) is 77.9 Å². The van der Waals surface area contributed by atoms with E-state index in [1.807, 2.05) is 66.2 Å². The van der Waals surface area contributed by atoms with Crippen LogP contribution in [-0.2, 0) is 17.8 Å².